The van der Waals surface area contributed by atoms with E-state index in [-0.39, 0.29) is 12.3 Å². The van der Waals surface area contributed by atoms with Crippen molar-refractivity contribution in [3.63, 3.8) is 0 Å². The fourth-order valence-electron chi connectivity index (χ4n) is 3.78. The number of halogens is 1. The highest BCUT2D eigenvalue weighted by molar-refractivity contribution is 5.04. The standard InChI is InChI=1S/C17H31FN2O2/c1-14-13-19(16(12-18)8-11-22-2)9-10-20(14)17(21)15-6-4-3-5-7-15/h8,14-15,17,21H,3-7,9-13H2,1-2H3/b16-8+. The van der Waals surface area contributed by atoms with Crippen LogP contribution in [-0.2, 0) is 4.74 Å². The number of allylic oxidation sites excluding steroid dienone is 1. The molecule has 22 heavy (non-hydrogen) atoms. The van der Waals surface area contributed by atoms with Gasteiger partial charge in [-0.15, -0.1) is 0 Å². The van der Waals surface area contributed by atoms with Crippen LogP contribution in [0.25, 0.3) is 0 Å². The molecule has 2 unspecified atom stereocenters. The van der Waals surface area contributed by atoms with Crippen molar-refractivity contribution in [3.8, 4) is 0 Å². The zero-order valence-electron chi connectivity index (χ0n) is 14.0. The summed E-state index contributed by atoms with van der Waals surface area (Å²) in [7, 11) is 1.62. The van der Waals surface area contributed by atoms with Gasteiger partial charge in [0, 0.05) is 38.5 Å². The van der Waals surface area contributed by atoms with Gasteiger partial charge >= 0.3 is 0 Å². The van der Waals surface area contributed by atoms with Crippen LogP contribution in [0.4, 0.5) is 4.39 Å². The maximum Gasteiger partial charge on any atom is 0.129 e. The molecule has 2 atom stereocenters. The molecule has 2 aliphatic rings. The number of rotatable bonds is 6. The smallest absolute Gasteiger partial charge is 0.129 e. The molecule has 5 heteroatoms. The van der Waals surface area contributed by atoms with E-state index in [1.165, 1.54) is 19.3 Å². The lowest BCUT2D eigenvalue weighted by atomic mass is 9.87. The predicted octanol–water partition coefficient (Wildman–Crippen LogP) is 2.39. The van der Waals surface area contributed by atoms with Gasteiger partial charge in [-0.25, -0.2) is 4.39 Å². The first-order valence-electron chi connectivity index (χ1n) is 8.60. The molecule has 1 aliphatic carbocycles. The summed E-state index contributed by atoms with van der Waals surface area (Å²) in [4.78, 5) is 4.30. The van der Waals surface area contributed by atoms with Gasteiger partial charge in [0.05, 0.1) is 6.61 Å². The minimum Gasteiger partial charge on any atom is -0.381 e. The summed E-state index contributed by atoms with van der Waals surface area (Å²) < 4.78 is 18.2. The first-order chi connectivity index (χ1) is 10.7. The van der Waals surface area contributed by atoms with Gasteiger partial charge in [-0.2, -0.15) is 0 Å². The summed E-state index contributed by atoms with van der Waals surface area (Å²) in [6, 6.07) is 0.239. The normalized spacial score (nSPS) is 27.2. The van der Waals surface area contributed by atoms with Gasteiger partial charge in [-0.05, 0) is 31.8 Å². The van der Waals surface area contributed by atoms with Crippen molar-refractivity contribution >= 4 is 0 Å². The molecule has 1 heterocycles. The predicted molar refractivity (Wildman–Crippen MR) is 86.3 cm³/mol. The van der Waals surface area contributed by atoms with Crippen LogP contribution in [0, 0.1) is 5.92 Å². The van der Waals surface area contributed by atoms with Crippen LogP contribution < -0.4 is 0 Å². The molecule has 0 bridgehead atoms. The van der Waals surface area contributed by atoms with Crippen LogP contribution in [0.1, 0.15) is 39.0 Å². The molecule has 128 valence electrons. The molecule has 0 aromatic heterocycles. The Balaban J connectivity index is 1.91. The molecule has 1 saturated heterocycles. The molecule has 0 aromatic rings. The summed E-state index contributed by atoms with van der Waals surface area (Å²) in [6.07, 6.45) is 7.53. The van der Waals surface area contributed by atoms with Crippen LogP contribution in [0.15, 0.2) is 11.8 Å². The second-order valence-electron chi connectivity index (χ2n) is 6.63. The first kappa shape index (κ1) is 17.7. The Hall–Kier alpha value is -0.650. The minimum absolute atomic E-state index is 0.239. The van der Waals surface area contributed by atoms with Crippen molar-refractivity contribution < 1.29 is 14.2 Å². The second kappa shape index (κ2) is 8.85. The highest BCUT2D eigenvalue weighted by Crippen LogP contribution is 2.30. The largest absolute Gasteiger partial charge is 0.381 e. The molecule has 0 amide bonds. The van der Waals surface area contributed by atoms with Crippen molar-refractivity contribution in [1.29, 1.82) is 0 Å². The van der Waals surface area contributed by atoms with Gasteiger partial charge < -0.3 is 14.7 Å². The first-order valence-corrected chi connectivity index (χ1v) is 8.60. The highest BCUT2D eigenvalue weighted by Gasteiger charge is 2.33. The van der Waals surface area contributed by atoms with Crippen LogP contribution in [0.2, 0.25) is 0 Å². The third-order valence-corrected chi connectivity index (χ3v) is 5.12. The van der Waals surface area contributed by atoms with Gasteiger partial charge in [0.15, 0.2) is 0 Å². The highest BCUT2D eigenvalue weighted by atomic mass is 19.1. The summed E-state index contributed by atoms with van der Waals surface area (Å²) >= 11 is 0. The fourth-order valence-corrected chi connectivity index (χ4v) is 3.78. The third kappa shape index (κ3) is 4.43. The molecule has 2 fully saturated rings. The second-order valence-corrected chi connectivity index (χ2v) is 6.63. The van der Waals surface area contributed by atoms with E-state index in [4.69, 9.17) is 4.74 Å². The molecule has 1 aliphatic heterocycles. The summed E-state index contributed by atoms with van der Waals surface area (Å²) in [5.41, 5.74) is 0.709. The number of aliphatic hydroxyl groups excluding tert-OH is 1. The van der Waals surface area contributed by atoms with Crippen molar-refractivity contribution in [3.05, 3.63) is 11.8 Å². The van der Waals surface area contributed by atoms with Crippen molar-refractivity contribution in [2.45, 2.75) is 51.3 Å². The summed E-state index contributed by atoms with van der Waals surface area (Å²) in [5.74, 6) is 0.410. The van der Waals surface area contributed by atoms with Gasteiger partial charge in [-0.3, -0.25) is 4.90 Å². The lowest BCUT2D eigenvalue weighted by Gasteiger charge is -2.45. The van der Waals surface area contributed by atoms with Crippen LogP contribution in [-0.4, -0.2) is 67.2 Å². The molecule has 4 nitrogen and oxygen atoms in total. The van der Waals surface area contributed by atoms with E-state index >= 15 is 0 Å². The van der Waals surface area contributed by atoms with E-state index in [1.807, 2.05) is 6.08 Å². The van der Waals surface area contributed by atoms with Gasteiger partial charge in [0.2, 0.25) is 0 Å². The number of hydrogen-bond acceptors (Lipinski definition) is 4. The minimum atomic E-state index is -0.457. The number of hydrogen-bond donors (Lipinski definition) is 1. The Morgan fingerprint density at radius 2 is 2.05 bits per heavy atom. The van der Waals surface area contributed by atoms with Crippen LogP contribution in [0.3, 0.4) is 0 Å². The van der Waals surface area contributed by atoms with Gasteiger partial charge in [0.1, 0.15) is 12.9 Å². The monoisotopic (exact) mass is 314 g/mol. The molecular weight excluding hydrogens is 283 g/mol. The Kier molecular flexibility index (Phi) is 7.12. The van der Waals surface area contributed by atoms with Gasteiger partial charge in [0.25, 0.3) is 0 Å². The Labute approximate surface area is 133 Å². The zero-order valence-corrected chi connectivity index (χ0v) is 14.0. The Bertz CT molecular complexity index is 359. The van der Waals surface area contributed by atoms with E-state index in [9.17, 15) is 9.50 Å². The average molecular weight is 314 g/mol. The number of methoxy groups -OCH3 is 1. The maximum absolute atomic E-state index is 13.2. The van der Waals surface area contributed by atoms with Crippen molar-refractivity contribution in [1.82, 2.24) is 9.80 Å². The van der Waals surface area contributed by atoms with Gasteiger partial charge in [-0.1, -0.05) is 19.3 Å². The topological polar surface area (TPSA) is 35.9 Å². The van der Waals surface area contributed by atoms with E-state index in [1.54, 1.807) is 7.11 Å². The summed E-state index contributed by atoms with van der Waals surface area (Å²) in [5, 5.41) is 10.7. The molecule has 0 spiro atoms. The average Bonchev–Trinajstić information content (AvgIpc) is 2.56. The van der Waals surface area contributed by atoms with Crippen molar-refractivity contribution in [2.75, 3.05) is 40.0 Å². The van der Waals surface area contributed by atoms with Crippen LogP contribution >= 0.6 is 0 Å². The third-order valence-electron chi connectivity index (χ3n) is 5.12. The quantitative estimate of drug-likeness (QED) is 0.817. The lowest BCUT2D eigenvalue weighted by Crippen LogP contribution is -2.57. The van der Waals surface area contributed by atoms with Crippen LogP contribution in [0.5, 0.6) is 0 Å². The number of aliphatic hydroxyl groups is 1. The molecule has 1 N–H and O–H groups in total. The lowest BCUT2D eigenvalue weighted by molar-refractivity contribution is -0.0894. The van der Waals surface area contributed by atoms with E-state index < -0.39 is 6.67 Å². The zero-order chi connectivity index (χ0) is 15.9. The Morgan fingerprint density at radius 1 is 1.32 bits per heavy atom. The van der Waals surface area contributed by atoms with Crippen molar-refractivity contribution in [2.24, 2.45) is 5.92 Å². The SMILES string of the molecule is COC/C=C(\CF)N1CCN(C(O)C2CCCCC2)C(C)C1. The van der Waals surface area contributed by atoms with E-state index in [2.05, 4.69) is 16.7 Å². The van der Waals surface area contributed by atoms with E-state index in [0.29, 0.717) is 18.2 Å². The fraction of sp³-hybridized carbons (Fsp3) is 0.882. The summed E-state index contributed by atoms with van der Waals surface area (Å²) in [6.45, 7) is 4.45. The molecule has 1 saturated carbocycles. The Morgan fingerprint density at radius 3 is 2.64 bits per heavy atom. The molecule has 2 rings (SSSR count). The molecule has 0 aromatic carbocycles. The number of ether oxygens (including phenoxy) is 1. The number of piperazine rings is 1. The van der Waals surface area contributed by atoms with E-state index in [0.717, 1.165) is 32.5 Å². The number of nitrogens with zero attached hydrogens (tertiary/aromatic N) is 2. The number of alkyl halides is 1. The molecule has 0 radical (unpaired) electrons. The maximum atomic E-state index is 13.2. The molecular formula is C17H31FN2O2.